The molecule has 1 aliphatic rings. The third-order valence-electron chi connectivity index (χ3n) is 4.03. The normalized spacial score (nSPS) is 16.8. The number of nitrogens with zero attached hydrogens (tertiary/aromatic N) is 1. The summed E-state index contributed by atoms with van der Waals surface area (Å²) in [6.07, 6.45) is 1.10. The first kappa shape index (κ1) is 18.6. The summed E-state index contributed by atoms with van der Waals surface area (Å²) in [5, 5.41) is 2.69. The monoisotopic (exact) mass is 357 g/mol. The first-order chi connectivity index (χ1) is 11.4. The van der Waals surface area contributed by atoms with Gasteiger partial charge in [-0.15, -0.1) is 0 Å². The van der Waals surface area contributed by atoms with E-state index in [2.05, 4.69) is 5.32 Å². The van der Waals surface area contributed by atoms with Crippen LogP contribution in [0.5, 0.6) is 0 Å². The van der Waals surface area contributed by atoms with Gasteiger partial charge in [0.15, 0.2) is 0 Å². The lowest BCUT2D eigenvalue weighted by Crippen LogP contribution is -2.49. The third-order valence-corrected chi connectivity index (χ3v) is 4.32. The van der Waals surface area contributed by atoms with Crippen molar-refractivity contribution in [1.29, 1.82) is 0 Å². The largest absolute Gasteiger partial charge is 0.383 e. The predicted octanol–water partition coefficient (Wildman–Crippen LogP) is 1.63. The highest BCUT2D eigenvalue weighted by Crippen LogP contribution is 2.23. The second-order valence-corrected chi connectivity index (χ2v) is 6.19. The van der Waals surface area contributed by atoms with Gasteiger partial charge in [-0.25, -0.2) is 4.39 Å². The van der Waals surface area contributed by atoms with E-state index in [4.69, 9.17) is 22.1 Å². The number of anilines is 1. The number of amides is 2. The van der Waals surface area contributed by atoms with Crippen LogP contribution < -0.4 is 11.1 Å². The predicted molar refractivity (Wildman–Crippen MR) is 89.2 cm³/mol. The maximum absolute atomic E-state index is 13.1. The van der Waals surface area contributed by atoms with Crippen molar-refractivity contribution < 1.29 is 18.7 Å². The molecule has 0 bridgehead atoms. The summed E-state index contributed by atoms with van der Waals surface area (Å²) in [6.45, 7) is 1.11. The van der Waals surface area contributed by atoms with Gasteiger partial charge in [-0.05, 0) is 31.0 Å². The highest BCUT2D eigenvalue weighted by molar-refractivity contribution is 6.31. The number of benzene rings is 1. The van der Waals surface area contributed by atoms with Gasteiger partial charge in [0.1, 0.15) is 11.9 Å². The molecule has 1 aliphatic heterocycles. The van der Waals surface area contributed by atoms with E-state index in [1.165, 1.54) is 25.3 Å². The van der Waals surface area contributed by atoms with Crippen LogP contribution in [0.3, 0.4) is 0 Å². The van der Waals surface area contributed by atoms with Crippen molar-refractivity contribution in [2.24, 2.45) is 11.7 Å². The number of hydrogen-bond donors (Lipinski definition) is 2. The quantitative estimate of drug-likeness (QED) is 0.838. The van der Waals surface area contributed by atoms with Crippen molar-refractivity contribution >= 4 is 29.1 Å². The van der Waals surface area contributed by atoms with E-state index in [1.807, 2.05) is 0 Å². The lowest BCUT2D eigenvalue weighted by Gasteiger charge is -2.32. The topological polar surface area (TPSA) is 84.7 Å². The molecule has 132 valence electrons. The average Bonchev–Trinajstić information content (AvgIpc) is 2.58. The van der Waals surface area contributed by atoms with E-state index in [1.54, 1.807) is 4.90 Å². The number of nitrogens with two attached hydrogens (primary N) is 1. The molecule has 1 saturated heterocycles. The number of ether oxygens (including phenoxy) is 1. The third kappa shape index (κ3) is 4.66. The van der Waals surface area contributed by atoms with Crippen molar-refractivity contribution in [2.45, 2.75) is 18.9 Å². The van der Waals surface area contributed by atoms with Crippen molar-refractivity contribution in [3.63, 3.8) is 0 Å². The van der Waals surface area contributed by atoms with Crippen LogP contribution in [0, 0.1) is 11.7 Å². The Morgan fingerprint density at radius 2 is 2.12 bits per heavy atom. The van der Waals surface area contributed by atoms with Gasteiger partial charge in [0.25, 0.3) is 0 Å². The number of carbonyl (C=O) groups excluding carboxylic acids is 2. The van der Waals surface area contributed by atoms with Crippen LogP contribution in [-0.2, 0) is 14.3 Å². The minimum Gasteiger partial charge on any atom is -0.383 e. The van der Waals surface area contributed by atoms with E-state index in [9.17, 15) is 14.0 Å². The van der Waals surface area contributed by atoms with Gasteiger partial charge in [0.05, 0.1) is 11.6 Å². The molecule has 1 unspecified atom stereocenters. The van der Waals surface area contributed by atoms with Crippen LogP contribution in [-0.4, -0.2) is 49.6 Å². The Balaban J connectivity index is 1.86. The van der Waals surface area contributed by atoms with Gasteiger partial charge in [0, 0.05) is 31.8 Å². The number of piperidine rings is 1. The zero-order valence-electron chi connectivity index (χ0n) is 13.4. The number of nitrogens with one attached hydrogen (secondary N) is 1. The molecule has 1 fully saturated rings. The SMILES string of the molecule is COCC(N)C(=O)N1CCC(C(=O)Nc2ccc(F)c(Cl)c2)CC1. The zero-order valence-corrected chi connectivity index (χ0v) is 14.2. The molecule has 6 nitrogen and oxygen atoms in total. The summed E-state index contributed by atoms with van der Waals surface area (Å²) in [4.78, 5) is 26.0. The van der Waals surface area contributed by atoms with Crippen LogP contribution in [0.4, 0.5) is 10.1 Å². The number of carbonyl (C=O) groups is 2. The lowest BCUT2D eigenvalue weighted by molar-refractivity contribution is -0.136. The summed E-state index contributed by atoms with van der Waals surface area (Å²) >= 11 is 5.70. The Labute approximate surface area is 145 Å². The number of halogens is 2. The summed E-state index contributed by atoms with van der Waals surface area (Å²) in [6, 6.07) is 3.36. The molecule has 0 aromatic heterocycles. The van der Waals surface area contributed by atoms with E-state index in [-0.39, 0.29) is 29.4 Å². The first-order valence-corrected chi connectivity index (χ1v) is 8.09. The first-order valence-electron chi connectivity index (χ1n) is 7.71. The fourth-order valence-electron chi connectivity index (χ4n) is 2.67. The van der Waals surface area contributed by atoms with Crippen molar-refractivity contribution in [2.75, 3.05) is 32.1 Å². The molecule has 24 heavy (non-hydrogen) atoms. The maximum Gasteiger partial charge on any atom is 0.241 e. The molecule has 1 aromatic rings. The molecule has 1 atom stereocenters. The van der Waals surface area contributed by atoms with Crippen molar-refractivity contribution in [1.82, 2.24) is 4.90 Å². The maximum atomic E-state index is 13.1. The average molecular weight is 358 g/mol. The van der Waals surface area contributed by atoms with E-state index < -0.39 is 11.9 Å². The molecule has 0 aliphatic carbocycles. The lowest BCUT2D eigenvalue weighted by atomic mass is 9.95. The van der Waals surface area contributed by atoms with Crippen LogP contribution >= 0.6 is 11.6 Å². The Bertz CT molecular complexity index is 606. The fraction of sp³-hybridized carbons (Fsp3) is 0.500. The summed E-state index contributed by atoms with van der Waals surface area (Å²) < 4.78 is 18.0. The zero-order chi connectivity index (χ0) is 17.7. The highest BCUT2D eigenvalue weighted by atomic mass is 35.5. The molecule has 0 spiro atoms. The molecular formula is C16H21ClFN3O3. The smallest absolute Gasteiger partial charge is 0.241 e. The summed E-state index contributed by atoms with van der Waals surface area (Å²) in [5.41, 5.74) is 6.19. The molecule has 3 N–H and O–H groups in total. The Hall–Kier alpha value is -1.70. The van der Waals surface area contributed by atoms with Gasteiger partial charge in [-0.3, -0.25) is 9.59 Å². The molecule has 8 heteroatoms. The van der Waals surface area contributed by atoms with Crippen LogP contribution in [0.2, 0.25) is 5.02 Å². The van der Waals surface area contributed by atoms with Crippen LogP contribution in [0.25, 0.3) is 0 Å². The van der Waals surface area contributed by atoms with Gasteiger partial charge in [-0.1, -0.05) is 11.6 Å². The minimum absolute atomic E-state index is 0.0413. The van der Waals surface area contributed by atoms with Gasteiger partial charge < -0.3 is 20.7 Å². The summed E-state index contributed by atoms with van der Waals surface area (Å²) in [7, 11) is 1.49. The molecule has 1 aromatic carbocycles. The van der Waals surface area contributed by atoms with Crippen LogP contribution in [0.1, 0.15) is 12.8 Å². The van der Waals surface area contributed by atoms with Gasteiger partial charge in [-0.2, -0.15) is 0 Å². The van der Waals surface area contributed by atoms with E-state index in [0.717, 1.165) is 0 Å². The highest BCUT2D eigenvalue weighted by Gasteiger charge is 2.29. The van der Waals surface area contributed by atoms with E-state index >= 15 is 0 Å². The number of rotatable bonds is 5. The summed E-state index contributed by atoms with van der Waals surface area (Å²) in [5.74, 6) is -1.07. The van der Waals surface area contributed by atoms with E-state index in [0.29, 0.717) is 31.6 Å². The molecule has 0 radical (unpaired) electrons. The van der Waals surface area contributed by atoms with Crippen molar-refractivity contribution in [3.8, 4) is 0 Å². The number of likely N-dealkylation sites (tertiary alicyclic amines) is 1. The molecule has 1 heterocycles. The Kier molecular flexibility index (Phi) is 6.53. The minimum atomic E-state index is -0.679. The van der Waals surface area contributed by atoms with Crippen molar-refractivity contribution in [3.05, 3.63) is 29.0 Å². The van der Waals surface area contributed by atoms with Gasteiger partial charge in [0.2, 0.25) is 11.8 Å². The second-order valence-electron chi connectivity index (χ2n) is 5.78. The van der Waals surface area contributed by atoms with Crippen LogP contribution in [0.15, 0.2) is 18.2 Å². The fourth-order valence-corrected chi connectivity index (χ4v) is 2.85. The molecule has 2 rings (SSSR count). The second kappa shape index (κ2) is 8.41. The Morgan fingerprint density at radius 1 is 1.46 bits per heavy atom. The molecule has 2 amide bonds. The molecule has 0 saturated carbocycles. The molecular weight excluding hydrogens is 337 g/mol. The standard InChI is InChI=1S/C16H21ClFN3O3/c1-24-9-14(19)16(23)21-6-4-10(5-7-21)15(22)20-11-2-3-13(18)12(17)8-11/h2-3,8,10,14H,4-7,9,19H2,1H3,(H,20,22). The number of hydrogen-bond acceptors (Lipinski definition) is 4. The van der Waals surface area contributed by atoms with Gasteiger partial charge >= 0.3 is 0 Å². The Morgan fingerprint density at radius 3 is 2.71 bits per heavy atom. The number of methoxy groups -OCH3 is 1.